The van der Waals surface area contributed by atoms with Crippen molar-refractivity contribution in [2.24, 2.45) is 0 Å². The predicted octanol–water partition coefficient (Wildman–Crippen LogP) is 3.17. The van der Waals surface area contributed by atoms with Gasteiger partial charge in [0.2, 0.25) is 0 Å². The Labute approximate surface area is 83.5 Å². The van der Waals surface area contributed by atoms with Gasteiger partial charge in [-0.1, -0.05) is 6.92 Å². The lowest BCUT2D eigenvalue weighted by molar-refractivity contribution is 0.172. The second-order valence-corrected chi connectivity index (χ2v) is 3.51. The SMILES string of the molecule is CC[C@H](O)c1cc(F)cc(F)c1Br. The van der Waals surface area contributed by atoms with Crippen molar-refractivity contribution in [3.05, 3.63) is 33.8 Å². The summed E-state index contributed by atoms with van der Waals surface area (Å²) in [5, 5.41) is 9.40. The van der Waals surface area contributed by atoms with Crippen LogP contribution in [-0.4, -0.2) is 5.11 Å². The van der Waals surface area contributed by atoms with Crippen molar-refractivity contribution in [1.29, 1.82) is 0 Å². The van der Waals surface area contributed by atoms with Crippen LogP contribution in [0.1, 0.15) is 25.0 Å². The molecule has 0 aliphatic rings. The Kier molecular flexibility index (Phi) is 3.39. The van der Waals surface area contributed by atoms with Crippen molar-refractivity contribution in [2.45, 2.75) is 19.4 Å². The summed E-state index contributed by atoms with van der Waals surface area (Å²) in [4.78, 5) is 0. The predicted molar refractivity (Wildman–Crippen MR) is 49.3 cm³/mol. The van der Waals surface area contributed by atoms with E-state index in [9.17, 15) is 13.9 Å². The lowest BCUT2D eigenvalue weighted by Crippen LogP contribution is -1.99. The third kappa shape index (κ3) is 2.25. The van der Waals surface area contributed by atoms with Crippen LogP contribution in [0.5, 0.6) is 0 Å². The zero-order valence-electron chi connectivity index (χ0n) is 7.02. The molecule has 0 aromatic heterocycles. The van der Waals surface area contributed by atoms with Gasteiger partial charge >= 0.3 is 0 Å². The molecule has 1 rings (SSSR count). The van der Waals surface area contributed by atoms with E-state index in [1.54, 1.807) is 6.92 Å². The number of rotatable bonds is 2. The Morgan fingerprint density at radius 1 is 1.46 bits per heavy atom. The van der Waals surface area contributed by atoms with Gasteiger partial charge < -0.3 is 5.11 Å². The molecule has 0 unspecified atom stereocenters. The summed E-state index contributed by atoms with van der Waals surface area (Å²) in [7, 11) is 0. The molecular formula is C9H9BrF2O. The molecule has 1 aromatic carbocycles. The zero-order valence-corrected chi connectivity index (χ0v) is 8.61. The number of hydrogen-bond donors (Lipinski definition) is 1. The highest BCUT2D eigenvalue weighted by molar-refractivity contribution is 9.10. The minimum absolute atomic E-state index is 0.128. The molecule has 0 heterocycles. The van der Waals surface area contributed by atoms with E-state index in [-0.39, 0.29) is 10.0 Å². The Morgan fingerprint density at radius 2 is 2.08 bits per heavy atom. The highest BCUT2D eigenvalue weighted by Crippen LogP contribution is 2.28. The van der Waals surface area contributed by atoms with Crippen molar-refractivity contribution < 1.29 is 13.9 Å². The van der Waals surface area contributed by atoms with Crippen molar-refractivity contribution in [3.8, 4) is 0 Å². The molecule has 0 aliphatic heterocycles. The average molecular weight is 251 g/mol. The molecule has 0 saturated carbocycles. The summed E-state index contributed by atoms with van der Waals surface area (Å²) in [6.45, 7) is 1.74. The van der Waals surface area contributed by atoms with Crippen molar-refractivity contribution in [1.82, 2.24) is 0 Å². The molecule has 1 aromatic rings. The van der Waals surface area contributed by atoms with Gasteiger partial charge in [0.1, 0.15) is 11.6 Å². The van der Waals surface area contributed by atoms with Gasteiger partial charge in [0, 0.05) is 11.6 Å². The Hall–Kier alpha value is -0.480. The van der Waals surface area contributed by atoms with Crippen LogP contribution in [0.25, 0.3) is 0 Å². The maximum absolute atomic E-state index is 12.9. The Bertz CT molecular complexity index is 315. The second kappa shape index (κ2) is 4.15. The van der Waals surface area contributed by atoms with Gasteiger partial charge in [-0.05, 0) is 28.4 Å². The van der Waals surface area contributed by atoms with Crippen molar-refractivity contribution in [2.75, 3.05) is 0 Å². The monoisotopic (exact) mass is 250 g/mol. The molecule has 0 amide bonds. The number of halogens is 3. The molecule has 13 heavy (non-hydrogen) atoms. The largest absolute Gasteiger partial charge is 0.388 e. The van der Waals surface area contributed by atoms with Gasteiger partial charge in [0.25, 0.3) is 0 Å². The first kappa shape index (κ1) is 10.6. The van der Waals surface area contributed by atoms with E-state index < -0.39 is 17.7 Å². The molecule has 0 radical (unpaired) electrons. The van der Waals surface area contributed by atoms with Crippen LogP contribution in [0.15, 0.2) is 16.6 Å². The van der Waals surface area contributed by atoms with Gasteiger partial charge in [-0.15, -0.1) is 0 Å². The fourth-order valence-electron chi connectivity index (χ4n) is 1.04. The van der Waals surface area contributed by atoms with E-state index >= 15 is 0 Å². The van der Waals surface area contributed by atoms with Crippen molar-refractivity contribution >= 4 is 15.9 Å². The maximum Gasteiger partial charge on any atom is 0.140 e. The summed E-state index contributed by atoms with van der Waals surface area (Å²) in [6, 6.07) is 1.90. The first-order chi connectivity index (χ1) is 6.06. The van der Waals surface area contributed by atoms with Crippen molar-refractivity contribution in [3.63, 3.8) is 0 Å². The Morgan fingerprint density at radius 3 is 2.62 bits per heavy atom. The average Bonchev–Trinajstić information content (AvgIpc) is 2.10. The quantitative estimate of drug-likeness (QED) is 0.800. The van der Waals surface area contributed by atoms with Gasteiger partial charge in [-0.25, -0.2) is 8.78 Å². The molecule has 0 spiro atoms. The molecule has 0 saturated heterocycles. The number of aliphatic hydroxyl groups is 1. The van der Waals surface area contributed by atoms with E-state index in [2.05, 4.69) is 15.9 Å². The van der Waals surface area contributed by atoms with Crippen LogP contribution < -0.4 is 0 Å². The number of hydrogen-bond acceptors (Lipinski definition) is 1. The summed E-state index contributed by atoms with van der Waals surface area (Å²) in [5.41, 5.74) is 0.250. The number of benzene rings is 1. The molecule has 1 N–H and O–H groups in total. The van der Waals surface area contributed by atoms with E-state index in [0.717, 1.165) is 12.1 Å². The molecule has 72 valence electrons. The second-order valence-electron chi connectivity index (χ2n) is 2.71. The zero-order chi connectivity index (χ0) is 10.0. The normalized spacial score (nSPS) is 13.0. The van der Waals surface area contributed by atoms with Gasteiger partial charge in [-0.2, -0.15) is 0 Å². The van der Waals surface area contributed by atoms with E-state index in [0.29, 0.717) is 6.42 Å². The minimum Gasteiger partial charge on any atom is -0.388 e. The molecule has 0 aliphatic carbocycles. The molecule has 1 nitrogen and oxygen atoms in total. The van der Waals surface area contributed by atoms with E-state index in [4.69, 9.17) is 0 Å². The lowest BCUT2D eigenvalue weighted by Gasteiger charge is -2.10. The summed E-state index contributed by atoms with van der Waals surface area (Å²) in [5.74, 6) is -1.37. The minimum atomic E-state index is -0.834. The summed E-state index contributed by atoms with van der Waals surface area (Å²) < 4.78 is 25.8. The van der Waals surface area contributed by atoms with Gasteiger partial charge in [0.05, 0.1) is 10.6 Å². The first-order valence-electron chi connectivity index (χ1n) is 3.88. The number of aliphatic hydroxyl groups excluding tert-OH is 1. The van der Waals surface area contributed by atoms with Crippen LogP contribution in [-0.2, 0) is 0 Å². The summed E-state index contributed by atoms with van der Waals surface area (Å²) in [6.07, 6.45) is -0.416. The molecule has 0 fully saturated rings. The molecule has 1 atom stereocenters. The van der Waals surface area contributed by atoms with Crippen LogP contribution in [0.4, 0.5) is 8.78 Å². The molecule has 0 bridgehead atoms. The van der Waals surface area contributed by atoms with E-state index in [1.807, 2.05) is 0 Å². The fraction of sp³-hybridized carbons (Fsp3) is 0.333. The van der Waals surface area contributed by atoms with Crippen LogP contribution in [0, 0.1) is 11.6 Å². The molecular weight excluding hydrogens is 242 g/mol. The standard InChI is InChI=1S/C9H9BrF2O/c1-2-8(13)6-3-5(11)4-7(12)9(6)10/h3-4,8,13H,2H2,1H3/t8-/m0/s1. The van der Waals surface area contributed by atoms with E-state index in [1.165, 1.54) is 0 Å². The maximum atomic E-state index is 12.9. The molecule has 4 heteroatoms. The Balaban J connectivity index is 3.20. The smallest absolute Gasteiger partial charge is 0.140 e. The van der Waals surface area contributed by atoms with Gasteiger partial charge in [0.15, 0.2) is 0 Å². The highest BCUT2D eigenvalue weighted by atomic mass is 79.9. The topological polar surface area (TPSA) is 20.2 Å². The third-order valence-electron chi connectivity index (χ3n) is 1.77. The van der Waals surface area contributed by atoms with Crippen LogP contribution in [0.2, 0.25) is 0 Å². The lowest BCUT2D eigenvalue weighted by atomic mass is 10.1. The van der Waals surface area contributed by atoms with Crippen LogP contribution >= 0.6 is 15.9 Å². The third-order valence-corrected chi connectivity index (χ3v) is 2.60. The first-order valence-corrected chi connectivity index (χ1v) is 4.68. The van der Waals surface area contributed by atoms with Crippen LogP contribution in [0.3, 0.4) is 0 Å². The van der Waals surface area contributed by atoms with Gasteiger partial charge in [-0.3, -0.25) is 0 Å². The summed E-state index contributed by atoms with van der Waals surface area (Å²) >= 11 is 2.95. The highest BCUT2D eigenvalue weighted by Gasteiger charge is 2.14. The fourth-order valence-corrected chi connectivity index (χ4v) is 1.53.